The van der Waals surface area contributed by atoms with Crippen LogP contribution in [0.5, 0.6) is 0 Å². The van der Waals surface area contributed by atoms with Crippen LogP contribution in [0.2, 0.25) is 0 Å². The lowest BCUT2D eigenvalue weighted by Crippen LogP contribution is -1.83. The first kappa shape index (κ1) is 38.6. The van der Waals surface area contributed by atoms with Crippen molar-refractivity contribution in [2.45, 2.75) is 214 Å². The van der Waals surface area contributed by atoms with Gasteiger partial charge in [0.25, 0.3) is 0 Å². The molecular formula is C37H74. The Hall–Kier alpha value is -0.520. The van der Waals surface area contributed by atoms with Crippen LogP contribution in [0.4, 0.5) is 0 Å². The molecule has 0 amide bonds. The first-order chi connectivity index (χ1) is 18.3. The summed E-state index contributed by atoms with van der Waals surface area (Å²) in [5.41, 5.74) is 0. The van der Waals surface area contributed by atoms with Crippen LogP contribution in [0.3, 0.4) is 0 Å². The van der Waals surface area contributed by atoms with Crippen molar-refractivity contribution in [3.8, 4) is 0 Å². The molecule has 0 saturated heterocycles. The summed E-state index contributed by atoms with van der Waals surface area (Å²) in [5, 5.41) is 0. The quantitative estimate of drug-likeness (QED) is 0.0682. The number of hydrogen-bond donors (Lipinski definition) is 0. The molecule has 0 radical (unpaired) electrons. The van der Waals surface area contributed by atoms with Crippen LogP contribution in [0.25, 0.3) is 0 Å². The van der Waals surface area contributed by atoms with Gasteiger partial charge in [-0.05, 0) is 38.5 Å². The molecule has 0 spiro atoms. The fourth-order valence-corrected chi connectivity index (χ4v) is 4.95. The Bertz CT molecular complexity index is 404. The number of rotatable bonds is 29. The van der Waals surface area contributed by atoms with Gasteiger partial charge in [-0.15, -0.1) is 0 Å². The van der Waals surface area contributed by atoms with Crippen LogP contribution in [-0.4, -0.2) is 0 Å². The van der Waals surface area contributed by atoms with E-state index in [-0.39, 0.29) is 0 Å². The van der Waals surface area contributed by atoms with Crippen molar-refractivity contribution in [2.24, 2.45) is 0 Å². The molecule has 0 aromatic carbocycles. The molecule has 37 heavy (non-hydrogen) atoms. The Balaban J connectivity index is 0. The molecule has 0 bridgehead atoms. The second-order valence-corrected chi connectivity index (χ2v) is 11.5. The molecule has 0 N–H and O–H groups in total. The molecule has 0 unspecified atom stereocenters. The standard InChI is InChI=1S/C22H44.C15H30/c1-3-5-7-9-11-13-15-17-19-21-22-20-18-16-14-12-10-8-6-4-2;1-3-5-7-9-11-13-15-14-12-10-8-6-4-2/h5,7H,3-4,6,8-22H2,1-2H3;5,7H,3-4,6,8-15H2,1-2H3/b2*7-5+. The lowest BCUT2D eigenvalue weighted by molar-refractivity contribution is 0.530. The van der Waals surface area contributed by atoms with Gasteiger partial charge >= 0.3 is 0 Å². The van der Waals surface area contributed by atoms with Crippen molar-refractivity contribution in [1.29, 1.82) is 0 Å². The third-order valence-corrected chi connectivity index (χ3v) is 7.50. The summed E-state index contributed by atoms with van der Waals surface area (Å²) in [4.78, 5) is 0. The number of hydrogen-bond acceptors (Lipinski definition) is 0. The minimum atomic E-state index is 1.19. The molecule has 0 rings (SSSR count). The van der Waals surface area contributed by atoms with Gasteiger partial charge < -0.3 is 0 Å². The highest BCUT2D eigenvalue weighted by Crippen LogP contribution is 2.14. The summed E-state index contributed by atoms with van der Waals surface area (Å²) < 4.78 is 0. The van der Waals surface area contributed by atoms with E-state index in [2.05, 4.69) is 52.0 Å². The van der Waals surface area contributed by atoms with Crippen LogP contribution < -0.4 is 0 Å². The lowest BCUT2D eigenvalue weighted by atomic mass is 10.0. The molecule has 0 heterocycles. The molecule has 0 nitrogen and oxygen atoms in total. The topological polar surface area (TPSA) is 0 Å². The van der Waals surface area contributed by atoms with Gasteiger partial charge in [0.1, 0.15) is 0 Å². The predicted octanol–water partition coefficient (Wildman–Crippen LogP) is 14.5. The van der Waals surface area contributed by atoms with E-state index in [1.165, 1.54) is 186 Å². The van der Waals surface area contributed by atoms with E-state index in [0.29, 0.717) is 0 Å². The van der Waals surface area contributed by atoms with E-state index in [9.17, 15) is 0 Å². The highest BCUT2D eigenvalue weighted by atomic mass is 14.0. The van der Waals surface area contributed by atoms with Gasteiger partial charge in [-0.2, -0.15) is 0 Å². The van der Waals surface area contributed by atoms with Gasteiger partial charge in [0.05, 0.1) is 0 Å². The maximum absolute atomic E-state index is 2.35. The maximum atomic E-state index is 2.35. The summed E-state index contributed by atoms with van der Waals surface area (Å²) >= 11 is 0. The van der Waals surface area contributed by atoms with E-state index < -0.39 is 0 Å². The Morgan fingerprint density at radius 1 is 0.243 bits per heavy atom. The SMILES string of the molecule is CC/C=C/CCCCCCCCCCC.CC/C=C/CCCCCCCCCCCCCCCCCC. The van der Waals surface area contributed by atoms with Crippen molar-refractivity contribution < 1.29 is 0 Å². The highest BCUT2D eigenvalue weighted by molar-refractivity contribution is 4.80. The van der Waals surface area contributed by atoms with Gasteiger partial charge in [0, 0.05) is 0 Å². The molecule has 0 aliphatic rings. The van der Waals surface area contributed by atoms with Crippen LogP contribution >= 0.6 is 0 Å². The van der Waals surface area contributed by atoms with Crippen LogP contribution in [0.15, 0.2) is 24.3 Å². The van der Waals surface area contributed by atoms with Gasteiger partial charge in [-0.3, -0.25) is 0 Å². The van der Waals surface area contributed by atoms with E-state index in [0.717, 1.165) is 0 Å². The second kappa shape index (κ2) is 40.0. The maximum Gasteiger partial charge on any atom is -0.0351 e. The third-order valence-electron chi connectivity index (χ3n) is 7.50. The van der Waals surface area contributed by atoms with Gasteiger partial charge in [0.15, 0.2) is 0 Å². The molecule has 0 saturated carbocycles. The Labute approximate surface area is 238 Å². The summed E-state index contributed by atoms with van der Waals surface area (Å²) in [5.74, 6) is 0. The van der Waals surface area contributed by atoms with Crippen LogP contribution in [0.1, 0.15) is 214 Å². The number of unbranched alkanes of at least 4 members (excludes halogenated alkanes) is 25. The Morgan fingerprint density at radius 3 is 0.676 bits per heavy atom. The average molecular weight is 519 g/mol. The van der Waals surface area contributed by atoms with Crippen LogP contribution in [0, 0.1) is 0 Å². The van der Waals surface area contributed by atoms with Gasteiger partial charge in [0.2, 0.25) is 0 Å². The van der Waals surface area contributed by atoms with Crippen molar-refractivity contribution in [2.75, 3.05) is 0 Å². The minimum absolute atomic E-state index is 1.19. The molecule has 222 valence electrons. The van der Waals surface area contributed by atoms with Crippen molar-refractivity contribution in [3.05, 3.63) is 24.3 Å². The smallest absolute Gasteiger partial charge is 0.0351 e. The molecule has 0 heteroatoms. The van der Waals surface area contributed by atoms with Crippen LogP contribution in [-0.2, 0) is 0 Å². The first-order valence-electron chi connectivity index (χ1n) is 17.6. The van der Waals surface area contributed by atoms with Gasteiger partial charge in [-0.1, -0.05) is 200 Å². The molecule has 0 aliphatic heterocycles. The zero-order valence-corrected chi connectivity index (χ0v) is 26.8. The third kappa shape index (κ3) is 42.8. The molecule has 0 aromatic heterocycles. The average Bonchev–Trinajstić information content (AvgIpc) is 2.91. The van der Waals surface area contributed by atoms with Crippen molar-refractivity contribution >= 4 is 0 Å². The summed E-state index contributed by atoms with van der Waals surface area (Å²) in [6.45, 7) is 8.99. The molecule has 0 atom stereocenters. The highest BCUT2D eigenvalue weighted by Gasteiger charge is 1.94. The monoisotopic (exact) mass is 519 g/mol. The lowest BCUT2D eigenvalue weighted by Gasteiger charge is -2.03. The van der Waals surface area contributed by atoms with Crippen molar-refractivity contribution in [3.63, 3.8) is 0 Å². The zero-order chi connectivity index (χ0) is 27.3. The minimum Gasteiger partial charge on any atom is -0.0888 e. The molecule has 0 fully saturated rings. The normalized spacial score (nSPS) is 11.5. The summed E-state index contributed by atoms with van der Waals surface area (Å²) in [6.07, 6.45) is 50.5. The largest absolute Gasteiger partial charge is 0.0888 e. The Morgan fingerprint density at radius 2 is 0.459 bits per heavy atom. The Kier molecular flexibility index (Phi) is 41.7. The summed E-state index contributed by atoms with van der Waals surface area (Å²) in [6, 6.07) is 0. The molecule has 0 aromatic rings. The molecule has 0 aliphatic carbocycles. The van der Waals surface area contributed by atoms with E-state index >= 15 is 0 Å². The van der Waals surface area contributed by atoms with E-state index in [4.69, 9.17) is 0 Å². The number of allylic oxidation sites excluding steroid dienone is 4. The fraction of sp³-hybridized carbons (Fsp3) is 0.892. The van der Waals surface area contributed by atoms with Crippen molar-refractivity contribution in [1.82, 2.24) is 0 Å². The second-order valence-electron chi connectivity index (χ2n) is 11.5. The molecular weight excluding hydrogens is 444 g/mol. The zero-order valence-electron chi connectivity index (χ0n) is 26.8. The fourth-order valence-electron chi connectivity index (χ4n) is 4.95. The first-order valence-corrected chi connectivity index (χ1v) is 17.6. The predicted molar refractivity (Wildman–Crippen MR) is 175 cm³/mol. The van der Waals surface area contributed by atoms with E-state index in [1.54, 1.807) is 0 Å². The van der Waals surface area contributed by atoms with E-state index in [1.807, 2.05) is 0 Å². The summed E-state index contributed by atoms with van der Waals surface area (Å²) in [7, 11) is 0. The van der Waals surface area contributed by atoms with Gasteiger partial charge in [-0.25, -0.2) is 0 Å².